The van der Waals surface area contributed by atoms with Crippen LogP contribution < -0.4 is 5.32 Å². The average Bonchev–Trinajstić information content (AvgIpc) is 2.98. The standard InChI is InChI=1S/C18H15F2NO3/c1-10(17(22)11-2-4-13(19)5-3-11)21-18(23)16-9-12-8-14(20)6-7-15(12)24-16/h2-10,17,22H,1H3,(H,21,23). The van der Waals surface area contributed by atoms with Crippen molar-refractivity contribution in [3.63, 3.8) is 0 Å². The van der Waals surface area contributed by atoms with E-state index in [9.17, 15) is 18.7 Å². The van der Waals surface area contributed by atoms with Crippen molar-refractivity contribution in [1.29, 1.82) is 0 Å². The number of carbonyl (C=O) groups is 1. The highest BCUT2D eigenvalue weighted by Crippen LogP contribution is 2.21. The highest BCUT2D eigenvalue weighted by atomic mass is 19.1. The number of aliphatic hydroxyl groups excluding tert-OH is 1. The lowest BCUT2D eigenvalue weighted by atomic mass is 10.0. The molecule has 0 saturated carbocycles. The Balaban J connectivity index is 1.73. The van der Waals surface area contributed by atoms with Crippen LogP contribution in [0, 0.1) is 11.6 Å². The summed E-state index contributed by atoms with van der Waals surface area (Å²) in [5.74, 6) is -1.33. The average molecular weight is 331 g/mol. The number of hydrogen-bond donors (Lipinski definition) is 2. The predicted octanol–water partition coefficient (Wildman–Crippen LogP) is 3.56. The largest absolute Gasteiger partial charge is 0.451 e. The summed E-state index contributed by atoms with van der Waals surface area (Å²) in [4.78, 5) is 12.2. The first-order valence-electron chi connectivity index (χ1n) is 7.37. The zero-order chi connectivity index (χ0) is 17.3. The molecule has 3 rings (SSSR count). The summed E-state index contributed by atoms with van der Waals surface area (Å²) in [5, 5.41) is 13.3. The Bertz CT molecular complexity index is 874. The summed E-state index contributed by atoms with van der Waals surface area (Å²) in [6.45, 7) is 1.62. The van der Waals surface area contributed by atoms with E-state index in [1.807, 2.05) is 0 Å². The fourth-order valence-corrected chi connectivity index (χ4v) is 2.43. The number of nitrogens with one attached hydrogen (secondary N) is 1. The molecule has 0 saturated heterocycles. The molecule has 0 aliphatic heterocycles. The maximum atomic E-state index is 13.2. The van der Waals surface area contributed by atoms with Crippen LogP contribution in [0.15, 0.2) is 52.9 Å². The number of benzene rings is 2. The molecule has 0 spiro atoms. The zero-order valence-electron chi connectivity index (χ0n) is 12.8. The molecule has 2 N–H and O–H groups in total. The minimum atomic E-state index is -1.00. The van der Waals surface area contributed by atoms with Gasteiger partial charge in [0.25, 0.3) is 5.91 Å². The Morgan fingerprint density at radius 2 is 1.75 bits per heavy atom. The number of amides is 1. The van der Waals surface area contributed by atoms with E-state index in [-0.39, 0.29) is 5.76 Å². The molecule has 0 aliphatic carbocycles. The molecule has 2 aromatic carbocycles. The number of rotatable bonds is 4. The number of furan rings is 1. The molecule has 24 heavy (non-hydrogen) atoms. The monoisotopic (exact) mass is 331 g/mol. The van der Waals surface area contributed by atoms with Gasteiger partial charge in [-0.25, -0.2) is 8.78 Å². The number of halogens is 2. The summed E-state index contributed by atoms with van der Waals surface area (Å²) in [5.41, 5.74) is 0.879. The van der Waals surface area contributed by atoms with Crippen molar-refractivity contribution >= 4 is 16.9 Å². The minimum absolute atomic E-state index is 0.0220. The number of fused-ring (bicyclic) bond motifs is 1. The summed E-state index contributed by atoms with van der Waals surface area (Å²) in [7, 11) is 0. The second-order valence-electron chi connectivity index (χ2n) is 5.55. The van der Waals surface area contributed by atoms with Crippen molar-refractivity contribution in [2.24, 2.45) is 0 Å². The van der Waals surface area contributed by atoms with E-state index in [1.165, 1.54) is 48.5 Å². The van der Waals surface area contributed by atoms with E-state index < -0.39 is 29.7 Å². The smallest absolute Gasteiger partial charge is 0.287 e. The third kappa shape index (κ3) is 3.28. The Kier molecular flexibility index (Phi) is 4.31. The lowest BCUT2D eigenvalue weighted by molar-refractivity contribution is 0.0828. The van der Waals surface area contributed by atoms with Crippen LogP contribution >= 0.6 is 0 Å². The SMILES string of the molecule is CC(NC(=O)c1cc2cc(F)ccc2o1)C(O)c1ccc(F)cc1. The molecule has 2 unspecified atom stereocenters. The van der Waals surface area contributed by atoms with Gasteiger partial charge < -0.3 is 14.8 Å². The molecule has 6 heteroatoms. The maximum absolute atomic E-state index is 13.2. The van der Waals surface area contributed by atoms with Gasteiger partial charge in [0.2, 0.25) is 0 Å². The summed E-state index contributed by atoms with van der Waals surface area (Å²) < 4.78 is 31.5. The van der Waals surface area contributed by atoms with Gasteiger partial charge >= 0.3 is 0 Å². The fraction of sp³-hybridized carbons (Fsp3) is 0.167. The van der Waals surface area contributed by atoms with Crippen LogP contribution in [0.5, 0.6) is 0 Å². The molecule has 1 aromatic heterocycles. The fourth-order valence-electron chi connectivity index (χ4n) is 2.43. The van der Waals surface area contributed by atoms with Gasteiger partial charge in [-0.15, -0.1) is 0 Å². The van der Waals surface area contributed by atoms with Gasteiger partial charge in [-0.1, -0.05) is 12.1 Å². The van der Waals surface area contributed by atoms with Crippen LogP contribution in [0.2, 0.25) is 0 Å². The van der Waals surface area contributed by atoms with E-state index in [0.29, 0.717) is 16.5 Å². The van der Waals surface area contributed by atoms with Crippen LogP contribution in [0.3, 0.4) is 0 Å². The van der Waals surface area contributed by atoms with E-state index in [2.05, 4.69) is 5.32 Å². The second kappa shape index (κ2) is 6.41. The third-order valence-electron chi connectivity index (χ3n) is 3.75. The molecule has 2 atom stereocenters. The number of aliphatic hydroxyl groups is 1. The lowest BCUT2D eigenvalue weighted by Crippen LogP contribution is -2.36. The van der Waals surface area contributed by atoms with Gasteiger partial charge in [0, 0.05) is 5.39 Å². The molecule has 4 nitrogen and oxygen atoms in total. The number of carbonyl (C=O) groups excluding carboxylic acids is 1. The summed E-state index contributed by atoms with van der Waals surface area (Å²) in [6.07, 6.45) is -1.00. The Morgan fingerprint density at radius 3 is 2.46 bits per heavy atom. The van der Waals surface area contributed by atoms with E-state index in [4.69, 9.17) is 4.42 Å². The molecule has 124 valence electrons. The zero-order valence-corrected chi connectivity index (χ0v) is 12.8. The summed E-state index contributed by atoms with van der Waals surface area (Å²) >= 11 is 0. The quantitative estimate of drug-likeness (QED) is 0.768. The topological polar surface area (TPSA) is 62.5 Å². The predicted molar refractivity (Wildman–Crippen MR) is 84.5 cm³/mol. The second-order valence-corrected chi connectivity index (χ2v) is 5.55. The normalized spacial score (nSPS) is 13.7. The van der Waals surface area contributed by atoms with Crippen molar-refractivity contribution in [2.75, 3.05) is 0 Å². The van der Waals surface area contributed by atoms with Crippen molar-refractivity contribution in [1.82, 2.24) is 5.32 Å². The molecule has 1 amide bonds. The van der Waals surface area contributed by atoms with Crippen molar-refractivity contribution in [3.8, 4) is 0 Å². The van der Waals surface area contributed by atoms with Crippen LogP contribution in [0.25, 0.3) is 11.0 Å². The molecule has 3 aromatic rings. The highest BCUT2D eigenvalue weighted by Gasteiger charge is 2.21. The number of hydrogen-bond acceptors (Lipinski definition) is 3. The molecular formula is C18H15F2NO3. The van der Waals surface area contributed by atoms with Crippen LogP contribution in [-0.2, 0) is 0 Å². The van der Waals surface area contributed by atoms with Crippen molar-refractivity contribution in [3.05, 3.63) is 71.5 Å². The molecule has 0 radical (unpaired) electrons. The van der Waals surface area contributed by atoms with E-state index in [0.717, 1.165) is 0 Å². The lowest BCUT2D eigenvalue weighted by Gasteiger charge is -2.20. The van der Waals surface area contributed by atoms with E-state index in [1.54, 1.807) is 6.92 Å². The molecule has 1 heterocycles. The van der Waals surface area contributed by atoms with Gasteiger partial charge in [0.15, 0.2) is 5.76 Å². The first-order valence-corrected chi connectivity index (χ1v) is 7.37. The molecule has 0 fully saturated rings. The van der Waals surface area contributed by atoms with Gasteiger partial charge in [-0.05, 0) is 48.9 Å². The molecular weight excluding hydrogens is 316 g/mol. The van der Waals surface area contributed by atoms with Gasteiger partial charge in [0.05, 0.1) is 12.1 Å². The first kappa shape index (κ1) is 16.1. The van der Waals surface area contributed by atoms with Gasteiger partial charge in [-0.3, -0.25) is 4.79 Å². The highest BCUT2D eigenvalue weighted by molar-refractivity contribution is 5.96. The van der Waals surface area contributed by atoms with E-state index >= 15 is 0 Å². The minimum Gasteiger partial charge on any atom is -0.451 e. The Labute approximate surface area is 136 Å². The third-order valence-corrected chi connectivity index (χ3v) is 3.75. The van der Waals surface area contributed by atoms with Crippen molar-refractivity contribution in [2.45, 2.75) is 19.1 Å². The van der Waals surface area contributed by atoms with Crippen LogP contribution in [0.1, 0.15) is 29.1 Å². The Hall–Kier alpha value is -2.73. The Morgan fingerprint density at radius 1 is 1.08 bits per heavy atom. The summed E-state index contributed by atoms with van der Waals surface area (Å²) in [6, 6.07) is 10.1. The van der Waals surface area contributed by atoms with Crippen LogP contribution in [0.4, 0.5) is 8.78 Å². The van der Waals surface area contributed by atoms with Crippen LogP contribution in [-0.4, -0.2) is 17.1 Å². The van der Waals surface area contributed by atoms with Gasteiger partial charge in [0.1, 0.15) is 17.2 Å². The maximum Gasteiger partial charge on any atom is 0.287 e. The van der Waals surface area contributed by atoms with Gasteiger partial charge in [-0.2, -0.15) is 0 Å². The molecule has 0 bridgehead atoms. The first-order chi connectivity index (χ1) is 11.4. The van der Waals surface area contributed by atoms with Crippen molar-refractivity contribution < 1.29 is 23.1 Å². The molecule has 0 aliphatic rings.